The van der Waals surface area contributed by atoms with Gasteiger partial charge in [-0.3, -0.25) is 0 Å². The second-order valence-corrected chi connectivity index (χ2v) is 5.95. The molecule has 0 aliphatic heterocycles. The number of hydrogen-bond donors (Lipinski definition) is 2. The minimum atomic E-state index is -0.582. The normalized spacial score (nSPS) is 13.5. The van der Waals surface area contributed by atoms with Gasteiger partial charge < -0.3 is 15.2 Å². The highest BCUT2D eigenvalue weighted by Gasteiger charge is 2.17. The molecule has 1 aromatic carbocycles. The Hall–Kier alpha value is -0.580. The Morgan fingerprint density at radius 3 is 2.59 bits per heavy atom. The number of β-amino-alcohol motifs (C(OH)–C–C–N with tert-alkyl or cyclic N) is 1. The van der Waals surface area contributed by atoms with Crippen molar-refractivity contribution in [2.24, 2.45) is 0 Å². The van der Waals surface area contributed by atoms with Crippen LogP contribution >= 0.6 is 15.9 Å². The van der Waals surface area contributed by atoms with E-state index < -0.39 is 6.10 Å². The van der Waals surface area contributed by atoms with Gasteiger partial charge in [0.25, 0.3) is 0 Å². The predicted molar refractivity (Wildman–Crippen MR) is 73.4 cm³/mol. The standard InChI is InChI=1S/C13H20BrNO2/c1-13(2,3)15-8-11(16)10-7-9(14)5-6-12(10)17-4/h5-7,11,15-16H,8H2,1-4H3. The molecule has 0 fully saturated rings. The number of nitrogens with one attached hydrogen (secondary N) is 1. The van der Waals surface area contributed by atoms with Crippen molar-refractivity contribution >= 4 is 15.9 Å². The third-order valence-corrected chi connectivity index (χ3v) is 2.87. The molecule has 1 rings (SSSR count). The average molecular weight is 302 g/mol. The van der Waals surface area contributed by atoms with E-state index in [0.717, 1.165) is 10.0 Å². The summed E-state index contributed by atoms with van der Waals surface area (Å²) in [5, 5.41) is 13.4. The van der Waals surface area contributed by atoms with Crippen LogP contribution in [0.5, 0.6) is 5.75 Å². The first-order valence-corrected chi connectivity index (χ1v) is 6.39. The van der Waals surface area contributed by atoms with Crippen LogP contribution in [0.2, 0.25) is 0 Å². The maximum absolute atomic E-state index is 10.2. The Labute approximate surface area is 111 Å². The van der Waals surface area contributed by atoms with E-state index in [1.807, 2.05) is 18.2 Å². The van der Waals surface area contributed by atoms with Crippen LogP contribution in [0.3, 0.4) is 0 Å². The molecule has 2 N–H and O–H groups in total. The van der Waals surface area contributed by atoms with Gasteiger partial charge >= 0.3 is 0 Å². The lowest BCUT2D eigenvalue weighted by Crippen LogP contribution is -2.38. The molecule has 0 radical (unpaired) electrons. The summed E-state index contributed by atoms with van der Waals surface area (Å²) in [6.45, 7) is 6.70. The number of rotatable bonds is 4. The van der Waals surface area contributed by atoms with Crippen LogP contribution in [-0.4, -0.2) is 24.3 Å². The second kappa shape index (κ2) is 5.85. The summed E-state index contributed by atoms with van der Waals surface area (Å²) in [7, 11) is 1.61. The van der Waals surface area contributed by atoms with E-state index in [9.17, 15) is 5.11 Å². The molecule has 0 aliphatic rings. The molecule has 17 heavy (non-hydrogen) atoms. The summed E-state index contributed by atoms with van der Waals surface area (Å²) in [5.41, 5.74) is 0.777. The monoisotopic (exact) mass is 301 g/mol. The Morgan fingerprint density at radius 1 is 1.41 bits per heavy atom. The zero-order valence-electron chi connectivity index (χ0n) is 10.7. The fourth-order valence-corrected chi connectivity index (χ4v) is 1.86. The van der Waals surface area contributed by atoms with Gasteiger partial charge in [0, 0.05) is 22.1 Å². The van der Waals surface area contributed by atoms with Crippen molar-refractivity contribution < 1.29 is 9.84 Å². The van der Waals surface area contributed by atoms with Gasteiger partial charge in [0.05, 0.1) is 13.2 Å². The lowest BCUT2D eigenvalue weighted by atomic mass is 10.1. The summed E-state index contributed by atoms with van der Waals surface area (Å²) in [4.78, 5) is 0. The average Bonchev–Trinajstić information content (AvgIpc) is 2.25. The first-order chi connectivity index (χ1) is 7.83. The lowest BCUT2D eigenvalue weighted by molar-refractivity contribution is 0.159. The highest BCUT2D eigenvalue weighted by atomic mass is 79.9. The van der Waals surface area contributed by atoms with E-state index in [2.05, 4.69) is 42.0 Å². The first-order valence-electron chi connectivity index (χ1n) is 5.60. The van der Waals surface area contributed by atoms with E-state index in [0.29, 0.717) is 12.3 Å². The second-order valence-electron chi connectivity index (χ2n) is 5.03. The number of aliphatic hydroxyl groups is 1. The van der Waals surface area contributed by atoms with Crippen molar-refractivity contribution in [2.75, 3.05) is 13.7 Å². The van der Waals surface area contributed by atoms with Crippen LogP contribution in [0.1, 0.15) is 32.4 Å². The molecule has 0 spiro atoms. The summed E-state index contributed by atoms with van der Waals surface area (Å²) >= 11 is 3.40. The van der Waals surface area contributed by atoms with Crippen LogP contribution < -0.4 is 10.1 Å². The molecule has 0 aliphatic carbocycles. The molecule has 0 bridgehead atoms. The number of hydrogen-bond acceptors (Lipinski definition) is 3. The van der Waals surface area contributed by atoms with Crippen molar-refractivity contribution in [3.05, 3.63) is 28.2 Å². The molecule has 1 aromatic rings. The highest BCUT2D eigenvalue weighted by Crippen LogP contribution is 2.28. The molecular formula is C13H20BrNO2. The molecule has 0 amide bonds. The number of ether oxygens (including phenoxy) is 1. The molecule has 96 valence electrons. The minimum absolute atomic E-state index is 0.0137. The van der Waals surface area contributed by atoms with Crippen molar-refractivity contribution in [3.8, 4) is 5.75 Å². The van der Waals surface area contributed by atoms with Gasteiger partial charge in [-0.2, -0.15) is 0 Å². The predicted octanol–water partition coefficient (Wildman–Crippen LogP) is 2.88. The fraction of sp³-hybridized carbons (Fsp3) is 0.538. The SMILES string of the molecule is COc1ccc(Br)cc1C(O)CNC(C)(C)C. The Balaban J connectivity index is 2.80. The molecule has 1 atom stereocenters. The summed E-state index contributed by atoms with van der Waals surface area (Å²) < 4.78 is 6.18. The van der Waals surface area contributed by atoms with E-state index in [1.54, 1.807) is 7.11 Å². The van der Waals surface area contributed by atoms with Crippen molar-refractivity contribution in [1.82, 2.24) is 5.32 Å². The van der Waals surface area contributed by atoms with E-state index in [-0.39, 0.29) is 5.54 Å². The smallest absolute Gasteiger partial charge is 0.124 e. The van der Waals surface area contributed by atoms with Gasteiger partial charge in [0.1, 0.15) is 5.75 Å². The van der Waals surface area contributed by atoms with Gasteiger partial charge in [0.15, 0.2) is 0 Å². The number of aliphatic hydroxyl groups excluding tert-OH is 1. The summed E-state index contributed by atoms with van der Waals surface area (Å²) in [6, 6.07) is 5.62. The molecule has 1 unspecified atom stereocenters. The maximum Gasteiger partial charge on any atom is 0.124 e. The number of halogens is 1. The fourth-order valence-electron chi connectivity index (χ4n) is 1.48. The minimum Gasteiger partial charge on any atom is -0.496 e. The van der Waals surface area contributed by atoms with Crippen LogP contribution in [0.4, 0.5) is 0 Å². The molecular weight excluding hydrogens is 282 g/mol. The van der Waals surface area contributed by atoms with E-state index in [1.165, 1.54) is 0 Å². The quantitative estimate of drug-likeness (QED) is 0.898. The largest absolute Gasteiger partial charge is 0.496 e. The van der Waals surface area contributed by atoms with Crippen LogP contribution in [0.15, 0.2) is 22.7 Å². The van der Waals surface area contributed by atoms with Gasteiger partial charge in [-0.15, -0.1) is 0 Å². The molecule has 0 saturated heterocycles. The zero-order valence-corrected chi connectivity index (χ0v) is 12.3. The van der Waals surface area contributed by atoms with Gasteiger partial charge in [-0.05, 0) is 39.0 Å². The molecule has 0 saturated carbocycles. The molecule has 3 nitrogen and oxygen atoms in total. The Bertz CT molecular complexity index is 374. The van der Waals surface area contributed by atoms with Crippen molar-refractivity contribution in [2.45, 2.75) is 32.4 Å². The van der Waals surface area contributed by atoms with Crippen molar-refractivity contribution in [3.63, 3.8) is 0 Å². The van der Waals surface area contributed by atoms with Crippen LogP contribution in [-0.2, 0) is 0 Å². The Morgan fingerprint density at radius 2 is 2.06 bits per heavy atom. The highest BCUT2D eigenvalue weighted by molar-refractivity contribution is 9.10. The third kappa shape index (κ3) is 4.66. The Kier molecular flexibility index (Phi) is 4.98. The zero-order chi connectivity index (χ0) is 13.1. The van der Waals surface area contributed by atoms with Crippen molar-refractivity contribution in [1.29, 1.82) is 0 Å². The third-order valence-electron chi connectivity index (χ3n) is 2.38. The van der Waals surface area contributed by atoms with Gasteiger partial charge in [0.2, 0.25) is 0 Å². The number of benzene rings is 1. The summed E-state index contributed by atoms with van der Waals surface area (Å²) in [6.07, 6.45) is -0.582. The molecule has 0 heterocycles. The van der Waals surface area contributed by atoms with Gasteiger partial charge in [-0.25, -0.2) is 0 Å². The maximum atomic E-state index is 10.2. The molecule has 4 heteroatoms. The molecule has 0 aromatic heterocycles. The number of methoxy groups -OCH3 is 1. The van der Waals surface area contributed by atoms with Gasteiger partial charge in [-0.1, -0.05) is 15.9 Å². The summed E-state index contributed by atoms with van der Waals surface area (Å²) in [5.74, 6) is 0.705. The van der Waals surface area contributed by atoms with Crippen LogP contribution in [0, 0.1) is 0 Å². The van der Waals surface area contributed by atoms with E-state index >= 15 is 0 Å². The van der Waals surface area contributed by atoms with Crippen LogP contribution in [0.25, 0.3) is 0 Å². The first kappa shape index (κ1) is 14.5. The lowest BCUT2D eigenvalue weighted by Gasteiger charge is -2.23. The topological polar surface area (TPSA) is 41.5 Å². The van der Waals surface area contributed by atoms with E-state index in [4.69, 9.17) is 4.74 Å².